The van der Waals surface area contributed by atoms with Crippen molar-refractivity contribution in [3.63, 3.8) is 0 Å². The van der Waals surface area contributed by atoms with Gasteiger partial charge in [-0.1, -0.05) is 27.7 Å². The maximum Gasteiger partial charge on any atom is 0.356 e. The van der Waals surface area contributed by atoms with Gasteiger partial charge in [0.15, 0.2) is 14.6 Å². The third-order valence-corrected chi connectivity index (χ3v) is 9.55. The van der Waals surface area contributed by atoms with E-state index < -0.39 is 20.6 Å². The number of nitrogens with zero attached hydrogens (tertiary/aromatic N) is 1. The van der Waals surface area contributed by atoms with Gasteiger partial charge >= 0.3 is 5.97 Å². The molecule has 1 fully saturated rings. The summed E-state index contributed by atoms with van der Waals surface area (Å²) in [6, 6.07) is 0.131. The lowest BCUT2D eigenvalue weighted by atomic mass is 9.94. The summed E-state index contributed by atoms with van der Waals surface area (Å²) in [4.78, 5) is 25.6. The number of ether oxygens (including phenoxy) is 1. The molecule has 0 aromatic carbocycles. The highest BCUT2D eigenvalue weighted by molar-refractivity contribution is 6.74. The molecule has 2 aliphatic rings. The van der Waals surface area contributed by atoms with E-state index in [-0.39, 0.29) is 22.9 Å². The molecule has 0 spiro atoms. The number of carbonyl (C=O) groups is 2. The molecule has 0 aliphatic carbocycles. The zero-order valence-electron chi connectivity index (χ0n) is 14.6. The lowest BCUT2D eigenvalue weighted by Gasteiger charge is -2.39. The molecular formula is C16H27NO4Si. The van der Waals surface area contributed by atoms with Crippen LogP contribution in [0.5, 0.6) is 0 Å². The van der Waals surface area contributed by atoms with Crippen LogP contribution in [-0.2, 0) is 18.8 Å². The van der Waals surface area contributed by atoms with Crippen LogP contribution in [0.3, 0.4) is 0 Å². The second-order valence-corrected chi connectivity index (χ2v) is 12.6. The average molecular weight is 325 g/mol. The molecule has 0 radical (unpaired) electrons. The highest BCUT2D eigenvalue weighted by Gasteiger charge is 2.48. The van der Waals surface area contributed by atoms with Gasteiger partial charge in [0, 0.05) is 6.42 Å². The fourth-order valence-corrected chi connectivity index (χ4v) is 3.84. The minimum atomic E-state index is -2.00. The van der Waals surface area contributed by atoms with E-state index in [1.165, 1.54) is 0 Å². The lowest BCUT2D eigenvalue weighted by Crippen LogP contribution is -2.52. The summed E-state index contributed by atoms with van der Waals surface area (Å²) in [5, 5.41) is 0.0490. The topological polar surface area (TPSA) is 55.8 Å². The first-order valence-corrected chi connectivity index (χ1v) is 10.8. The summed E-state index contributed by atoms with van der Waals surface area (Å²) in [6.07, 6.45) is 1.74. The van der Waals surface area contributed by atoms with Crippen molar-refractivity contribution < 1.29 is 18.8 Å². The van der Waals surface area contributed by atoms with Gasteiger partial charge in [0.2, 0.25) is 5.91 Å². The molecule has 1 unspecified atom stereocenters. The van der Waals surface area contributed by atoms with Crippen molar-refractivity contribution in [3.05, 3.63) is 11.8 Å². The van der Waals surface area contributed by atoms with Crippen LogP contribution in [0.2, 0.25) is 18.1 Å². The van der Waals surface area contributed by atoms with Gasteiger partial charge < -0.3 is 14.1 Å². The van der Waals surface area contributed by atoms with E-state index in [0.717, 1.165) is 0 Å². The molecule has 5 nitrogen and oxygen atoms in total. The van der Waals surface area contributed by atoms with Gasteiger partial charge in [0.1, 0.15) is 5.70 Å². The quantitative estimate of drug-likeness (QED) is 0.345. The Labute approximate surface area is 133 Å². The Morgan fingerprint density at radius 3 is 2.50 bits per heavy atom. The number of esters is 1. The second kappa shape index (κ2) is 5.49. The van der Waals surface area contributed by atoms with E-state index in [1.807, 2.05) is 13.0 Å². The van der Waals surface area contributed by atoms with Crippen molar-refractivity contribution in [3.8, 4) is 0 Å². The summed E-state index contributed by atoms with van der Waals surface area (Å²) in [7, 11) is -2.00. The first-order chi connectivity index (χ1) is 9.94. The van der Waals surface area contributed by atoms with Crippen LogP contribution in [0.25, 0.3) is 0 Å². The van der Waals surface area contributed by atoms with Gasteiger partial charge in [-0.05, 0) is 37.0 Å². The molecule has 2 heterocycles. The van der Waals surface area contributed by atoms with Crippen LogP contribution in [0, 0.1) is 5.92 Å². The van der Waals surface area contributed by atoms with E-state index in [4.69, 9.17) is 9.16 Å². The summed E-state index contributed by atoms with van der Waals surface area (Å²) >= 11 is 0. The number of hydrogen-bond donors (Lipinski definition) is 0. The van der Waals surface area contributed by atoms with Gasteiger partial charge in [-0.3, -0.25) is 4.79 Å². The van der Waals surface area contributed by atoms with Crippen molar-refractivity contribution in [2.45, 2.75) is 71.5 Å². The predicted octanol–water partition coefficient (Wildman–Crippen LogP) is 3.03. The van der Waals surface area contributed by atoms with E-state index in [0.29, 0.717) is 12.1 Å². The van der Waals surface area contributed by atoms with Crippen molar-refractivity contribution in [1.29, 1.82) is 0 Å². The van der Waals surface area contributed by atoms with E-state index in [1.54, 1.807) is 11.8 Å². The Hall–Kier alpha value is -1.14. The van der Waals surface area contributed by atoms with Gasteiger partial charge in [-0.15, -0.1) is 0 Å². The number of rotatable bonds is 4. The molecule has 2 aliphatic heterocycles. The summed E-state index contributed by atoms with van der Waals surface area (Å²) in [5.74, 6) is -0.263. The molecule has 22 heavy (non-hydrogen) atoms. The standard InChI is InChI=1S/C16H27NO4Si/c1-10-8-13(17-12(10)9-14(17)18)15(19)20-11(2)21-22(6,7)16(3,4)5/h8,10-12H,9H2,1-7H3/t10?,11-,12+/m1/s1. The Balaban J connectivity index is 1.98. The van der Waals surface area contributed by atoms with Crippen LogP contribution in [0.15, 0.2) is 11.8 Å². The van der Waals surface area contributed by atoms with Gasteiger partial charge in [-0.2, -0.15) is 0 Å². The molecule has 0 saturated carbocycles. The highest BCUT2D eigenvalue weighted by atomic mass is 28.4. The number of fused-ring (bicyclic) bond motifs is 1. The van der Waals surface area contributed by atoms with Crippen molar-refractivity contribution >= 4 is 20.2 Å². The minimum Gasteiger partial charge on any atom is -0.432 e. The molecule has 0 aromatic heterocycles. The van der Waals surface area contributed by atoms with Crippen molar-refractivity contribution in [2.24, 2.45) is 5.92 Å². The minimum absolute atomic E-state index is 0.00415. The summed E-state index contributed by atoms with van der Waals surface area (Å²) < 4.78 is 11.5. The van der Waals surface area contributed by atoms with Gasteiger partial charge in [0.25, 0.3) is 0 Å². The summed E-state index contributed by atoms with van der Waals surface area (Å²) in [6.45, 7) is 14.4. The van der Waals surface area contributed by atoms with Crippen LogP contribution in [0.4, 0.5) is 0 Å². The number of hydrogen-bond acceptors (Lipinski definition) is 4. The number of carbonyl (C=O) groups excluding carboxylic acids is 2. The molecule has 1 amide bonds. The molecule has 0 N–H and O–H groups in total. The Bertz CT molecular complexity index is 521. The van der Waals surface area contributed by atoms with E-state index in [2.05, 4.69) is 33.9 Å². The second-order valence-electron chi connectivity index (χ2n) is 7.80. The predicted molar refractivity (Wildman–Crippen MR) is 86.3 cm³/mol. The molecule has 1 saturated heterocycles. The highest BCUT2D eigenvalue weighted by Crippen LogP contribution is 2.39. The van der Waals surface area contributed by atoms with Crippen LogP contribution in [0.1, 0.15) is 41.0 Å². The number of β-lactam (4-membered cyclic amide) rings is 1. The Morgan fingerprint density at radius 1 is 1.41 bits per heavy atom. The maximum absolute atomic E-state index is 12.3. The third-order valence-electron chi connectivity index (χ3n) is 5.02. The summed E-state index contributed by atoms with van der Waals surface area (Å²) in [5.41, 5.74) is 0.374. The number of amides is 1. The molecule has 0 bridgehead atoms. The zero-order valence-corrected chi connectivity index (χ0v) is 15.6. The third kappa shape index (κ3) is 2.99. The molecule has 3 atom stereocenters. The van der Waals surface area contributed by atoms with Crippen LogP contribution >= 0.6 is 0 Å². The first kappa shape index (κ1) is 17.2. The molecular weight excluding hydrogens is 298 g/mol. The molecule has 2 rings (SSSR count). The maximum atomic E-state index is 12.3. The van der Waals surface area contributed by atoms with Crippen molar-refractivity contribution in [2.75, 3.05) is 0 Å². The fourth-order valence-electron chi connectivity index (χ4n) is 2.61. The van der Waals surface area contributed by atoms with Crippen LogP contribution in [-0.4, -0.2) is 37.4 Å². The van der Waals surface area contributed by atoms with Gasteiger partial charge in [0.05, 0.1) is 6.04 Å². The van der Waals surface area contributed by atoms with E-state index in [9.17, 15) is 9.59 Å². The zero-order chi connectivity index (χ0) is 16.9. The average Bonchev–Trinajstić information content (AvgIpc) is 2.58. The van der Waals surface area contributed by atoms with E-state index >= 15 is 0 Å². The smallest absolute Gasteiger partial charge is 0.356 e. The molecule has 124 valence electrons. The Morgan fingerprint density at radius 2 is 2.00 bits per heavy atom. The molecule has 0 aromatic rings. The largest absolute Gasteiger partial charge is 0.432 e. The Kier molecular flexibility index (Phi) is 4.30. The van der Waals surface area contributed by atoms with Crippen LogP contribution < -0.4 is 0 Å². The lowest BCUT2D eigenvalue weighted by molar-refractivity contribution is -0.163. The fraction of sp³-hybridized carbons (Fsp3) is 0.750. The molecule has 6 heteroatoms. The first-order valence-electron chi connectivity index (χ1n) is 7.87. The van der Waals surface area contributed by atoms with Crippen molar-refractivity contribution in [1.82, 2.24) is 4.90 Å². The SMILES string of the molecule is CC1C=C(C(=O)O[C@@H](C)O[Si](C)(C)C(C)(C)C)N2C(=O)C[C@@H]12. The normalized spacial score (nSPS) is 26.2. The van der Waals surface area contributed by atoms with Gasteiger partial charge in [-0.25, -0.2) is 4.79 Å². The monoisotopic (exact) mass is 325 g/mol.